The van der Waals surface area contributed by atoms with E-state index in [-0.39, 0.29) is 0 Å². The van der Waals surface area contributed by atoms with Gasteiger partial charge in [0.25, 0.3) is 0 Å². The Balaban J connectivity index is 2.91. The van der Waals surface area contributed by atoms with Gasteiger partial charge >= 0.3 is 0 Å². The van der Waals surface area contributed by atoms with E-state index in [9.17, 15) is 0 Å². The van der Waals surface area contributed by atoms with Crippen molar-refractivity contribution in [2.75, 3.05) is 0 Å². The van der Waals surface area contributed by atoms with Gasteiger partial charge in [-0.1, -0.05) is 43.3 Å². The van der Waals surface area contributed by atoms with Crippen molar-refractivity contribution < 1.29 is 0 Å². The highest BCUT2D eigenvalue weighted by molar-refractivity contribution is 6.00. The molecule has 1 nitrogen and oxygen atoms in total. The molecule has 0 saturated carbocycles. The molecule has 68 valence electrons. The fourth-order valence-electron chi connectivity index (χ4n) is 1.16. The minimum absolute atomic E-state index is 0.967. The van der Waals surface area contributed by atoms with E-state index in [0.29, 0.717) is 0 Å². The van der Waals surface area contributed by atoms with Crippen molar-refractivity contribution in [3.05, 3.63) is 48.2 Å². The second-order valence-corrected chi connectivity index (χ2v) is 2.78. The second-order valence-electron chi connectivity index (χ2n) is 2.78. The Morgan fingerprint density at radius 3 is 2.54 bits per heavy atom. The van der Waals surface area contributed by atoms with E-state index in [1.807, 2.05) is 37.4 Å². The van der Waals surface area contributed by atoms with Crippen LogP contribution < -0.4 is 0 Å². The zero-order chi connectivity index (χ0) is 9.52. The van der Waals surface area contributed by atoms with Gasteiger partial charge in [0.15, 0.2) is 0 Å². The van der Waals surface area contributed by atoms with Crippen LogP contribution in [0.4, 0.5) is 0 Å². The largest absolute Gasteiger partial charge is 0.261 e. The molecule has 1 aromatic rings. The molecule has 0 bridgehead atoms. The number of allylic oxidation sites excluding steroid dienone is 1. The summed E-state index contributed by atoms with van der Waals surface area (Å²) in [7, 11) is 0. The van der Waals surface area contributed by atoms with E-state index in [1.165, 1.54) is 5.56 Å². The van der Waals surface area contributed by atoms with Crippen LogP contribution in [0.25, 0.3) is 0 Å². The first-order chi connectivity index (χ1) is 6.38. The summed E-state index contributed by atoms with van der Waals surface area (Å²) in [5.74, 6) is 0. The standard InChI is InChI=1S/C12H15N/c1-3-10-13-12(4-2)11-8-6-5-7-9-11/h3,5-10H,4H2,1-2H3/b10-3+,13-12?. The number of hydrogen-bond acceptors (Lipinski definition) is 1. The first-order valence-electron chi connectivity index (χ1n) is 4.61. The third-order valence-electron chi connectivity index (χ3n) is 1.82. The number of rotatable bonds is 3. The Hall–Kier alpha value is -1.37. The second kappa shape index (κ2) is 5.31. The van der Waals surface area contributed by atoms with Gasteiger partial charge in [-0.05, 0) is 18.9 Å². The zero-order valence-corrected chi connectivity index (χ0v) is 8.20. The Bertz CT molecular complexity index is 296. The lowest BCUT2D eigenvalue weighted by atomic mass is 10.1. The fraction of sp³-hybridized carbons (Fsp3) is 0.250. The molecule has 0 fully saturated rings. The van der Waals surface area contributed by atoms with E-state index >= 15 is 0 Å². The third kappa shape index (κ3) is 2.86. The summed E-state index contributed by atoms with van der Waals surface area (Å²) >= 11 is 0. The van der Waals surface area contributed by atoms with Crippen molar-refractivity contribution in [2.45, 2.75) is 20.3 Å². The molecule has 0 radical (unpaired) electrons. The maximum Gasteiger partial charge on any atom is 0.0472 e. The van der Waals surface area contributed by atoms with Crippen molar-refractivity contribution in [2.24, 2.45) is 4.99 Å². The van der Waals surface area contributed by atoms with Gasteiger partial charge in [0.2, 0.25) is 0 Å². The SMILES string of the molecule is C/C=C/N=C(CC)c1ccccc1. The molecule has 0 aliphatic heterocycles. The molecule has 0 aromatic heterocycles. The number of nitrogens with zero attached hydrogens (tertiary/aromatic N) is 1. The molecule has 0 unspecified atom stereocenters. The number of aliphatic imine (C=N–C) groups is 1. The maximum absolute atomic E-state index is 4.37. The molecule has 0 heterocycles. The highest BCUT2D eigenvalue weighted by atomic mass is 14.7. The predicted octanol–water partition coefficient (Wildman–Crippen LogP) is 3.42. The molecule has 0 aliphatic rings. The Morgan fingerprint density at radius 1 is 1.31 bits per heavy atom. The molecule has 1 aromatic carbocycles. The normalized spacial score (nSPS) is 12.3. The lowest BCUT2D eigenvalue weighted by Crippen LogP contribution is -1.97. The third-order valence-corrected chi connectivity index (χ3v) is 1.82. The van der Waals surface area contributed by atoms with Crippen LogP contribution in [0.3, 0.4) is 0 Å². The molecule has 0 saturated heterocycles. The fourth-order valence-corrected chi connectivity index (χ4v) is 1.16. The molecule has 13 heavy (non-hydrogen) atoms. The van der Waals surface area contributed by atoms with E-state index in [0.717, 1.165) is 12.1 Å². The molecule has 1 rings (SSSR count). The quantitative estimate of drug-likeness (QED) is 0.621. The van der Waals surface area contributed by atoms with E-state index < -0.39 is 0 Å². The lowest BCUT2D eigenvalue weighted by molar-refractivity contribution is 1.26. The topological polar surface area (TPSA) is 12.4 Å². The van der Waals surface area contributed by atoms with Crippen LogP contribution in [0.15, 0.2) is 47.6 Å². The first kappa shape index (κ1) is 9.72. The van der Waals surface area contributed by atoms with Crippen molar-refractivity contribution in [3.8, 4) is 0 Å². The molecule has 0 amide bonds. The van der Waals surface area contributed by atoms with Gasteiger partial charge in [-0.2, -0.15) is 0 Å². The minimum atomic E-state index is 0.967. The summed E-state index contributed by atoms with van der Waals surface area (Å²) in [4.78, 5) is 4.37. The van der Waals surface area contributed by atoms with Crippen LogP contribution in [-0.4, -0.2) is 5.71 Å². The molecular weight excluding hydrogens is 158 g/mol. The van der Waals surface area contributed by atoms with Gasteiger partial charge in [-0.25, -0.2) is 0 Å². The van der Waals surface area contributed by atoms with Crippen LogP contribution in [-0.2, 0) is 0 Å². The summed E-state index contributed by atoms with van der Waals surface area (Å²) in [5.41, 5.74) is 2.35. The average molecular weight is 173 g/mol. The molecule has 0 aliphatic carbocycles. The van der Waals surface area contributed by atoms with Crippen LogP contribution in [0.2, 0.25) is 0 Å². The van der Waals surface area contributed by atoms with Gasteiger partial charge in [-0.3, -0.25) is 4.99 Å². The average Bonchev–Trinajstić information content (AvgIpc) is 2.21. The van der Waals surface area contributed by atoms with Gasteiger partial charge in [0, 0.05) is 11.9 Å². The van der Waals surface area contributed by atoms with Crippen LogP contribution in [0, 0.1) is 0 Å². The van der Waals surface area contributed by atoms with Crippen LogP contribution in [0.1, 0.15) is 25.8 Å². The van der Waals surface area contributed by atoms with Crippen molar-refractivity contribution in [1.29, 1.82) is 0 Å². The van der Waals surface area contributed by atoms with Gasteiger partial charge in [0.1, 0.15) is 0 Å². The van der Waals surface area contributed by atoms with Gasteiger partial charge < -0.3 is 0 Å². The number of benzene rings is 1. The summed E-state index contributed by atoms with van der Waals surface area (Å²) < 4.78 is 0. The highest BCUT2D eigenvalue weighted by Gasteiger charge is 1.96. The molecular formula is C12H15N. The van der Waals surface area contributed by atoms with Crippen LogP contribution >= 0.6 is 0 Å². The van der Waals surface area contributed by atoms with E-state index in [4.69, 9.17) is 0 Å². The Labute approximate surface area is 79.8 Å². The maximum atomic E-state index is 4.37. The number of hydrogen-bond donors (Lipinski definition) is 0. The summed E-state index contributed by atoms with van der Waals surface area (Å²) in [6, 6.07) is 10.3. The minimum Gasteiger partial charge on any atom is -0.261 e. The molecule has 0 N–H and O–H groups in total. The van der Waals surface area contributed by atoms with Gasteiger partial charge in [-0.15, -0.1) is 0 Å². The molecule has 0 atom stereocenters. The predicted molar refractivity (Wildman–Crippen MR) is 58.1 cm³/mol. The van der Waals surface area contributed by atoms with Crippen molar-refractivity contribution >= 4 is 5.71 Å². The zero-order valence-electron chi connectivity index (χ0n) is 8.20. The smallest absolute Gasteiger partial charge is 0.0472 e. The lowest BCUT2D eigenvalue weighted by Gasteiger charge is -2.00. The summed E-state index contributed by atoms with van der Waals surface area (Å²) in [5, 5.41) is 0. The van der Waals surface area contributed by atoms with Gasteiger partial charge in [0.05, 0.1) is 0 Å². The highest BCUT2D eigenvalue weighted by Crippen LogP contribution is 2.04. The molecule has 0 spiro atoms. The summed E-state index contributed by atoms with van der Waals surface area (Å²) in [6.45, 7) is 4.09. The van der Waals surface area contributed by atoms with E-state index in [1.54, 1.807) is 0 Å². The van der Waals surface area contributed by atoms with Crippen LogP contribution in [0.5, 0.6) is 0 Å². The Kier molecular flexibility index (Phi) is 3.97. The van der Waals surface area contributed by atoms with Crippen molar-refractivity contribution in [1.82, 2.24) is 0 Å². The molecule has 1 heteroatoms. The Morgan fingerprint density at radius 2 is 2.00 bits per heavy atom. The monoisotopic (exact) mass is 173 g/mol. The summed E-state index contributed by atoms with van der Waals surface area (Å²) in [6.07, 6.45) is 4.75. The first-order valence-corrected chi connectivity index (χ1v) is 4.61. The van der Waals surface area contributed by atoms with Crippen molar-refractivity contribution in [3.63, 3.8) is 0 Å². The van der Waals surface area contributed by atoms with E-state index in [2.05, 4.69) is 24.0 Å².